The second-order valence-corrected chi connectivity index (χ2v) is 4.77. The number of hydrogen-bond donors (Lipinski definition) is 1. The van der Waals surface area contributed by atoms with Crippen molar-refractivity contribution in [2.45, 2.75) is 18.7 Å². The lowest BCUT2D eigenvalue weighted by molar-refractivity contribution is -0.217. The van der Waals surface area contributed by atoms with Crippen LogP contribution in [0.2, 0.25) is 5.02 Å². The van der Waals surface area contributed by atoms with E-state index < -0.39 is 30.6 Å². The summed E-state index contributed by atoms with van der Waals surface area (Å²) in [5.41, 5.74) is 0.0399. The number of fused-ring (bicyclic) bond motifs is 1. The Morgan fingerprint density at radius 1 is 1.45 bits per heavy atom. The van der Waals surface area contributed by atoms with Gasteiger partial charge in [0.2, 0.25) is 6.10 Å². The van der Waals surface area contributed by atoms with E-state index in [4.69, 9.17) is 21.4 Å². The van der Waals surface area contributed by atoms with Gasteiger partial charge in [-0.2, -0.15) is 13.2 Å². The van der Waals surface area contributed by atoms with E-state index in [0.29, 0.717) is 6.29 Å². The van der Waals surface area contributed by atoms with E-state index in [-0.39, 0.29) is 21.9 Å². The molecule has 1 aliphatic heterocycles. The van der Waals surface area contributed by atoms with Crippen LogP contribution in [0, 0.1) is 5.92 Å². The zero-order valence-electron chi connectivity index (χ0n) is 9.78. The summed E-state index contributed by atoms with van der Waals surface area (Å²) in [5.74, 6) is -3.66. The van der Waals surface area contributed by atoms with Crippen LogP contribution in [0.15, 0.2) is 12.1 Å². The minimum atomic E-state index is -4.85. The maximum Gasteiger partial charge on any atom is 0.426 e. The standard InChI is InChI=1S/C12H8ClF3O4/c13-7-1-5-3-8(11(18)19)10(12(14,15)16)20-9(5)6(2-7)4-17/h1-2,4,8,10H,3H2,(H,18,19). The number of carboxylic acid groups (broad SMARTS) is 1. The second-order valence-electron chi connectivity index (χ2n) is 4.33. The third kappa shape index (κ3) is 2.58. The first-order chi connectivity index (χ1) is 9.24. The van der Waals surface area contributed by atoms with Crippen LogP contribution < -0.4 is 4.74 Å². The smallest absolute Gasteiger partial charge is 0.426 e. The van der Waals surface area contributed by atoms with Crippen LogP contribution in [0.25, 0.3) is 0 Å². The summed E-state index contributed by atoms with van der Waals surface area (Å²) in [6.07, 6.45) is -7.43. The molecule has 0 fully saturated rings. The summed E-state index contributed by atoms with van der Waals surface area (Å²) in [6.45, 7) is 0. The Bertz CT molecular complexity index is 571. The Hall–Kier alpha value is -1.76. The molecule has 0 bridgehead atoms. The van der Waals surface area contributed by atoms with Crippen molar-refractivity contribution >= 4 is 23.9 Å². The van der Waals surface area contributed by atoms with Crippen molar-refractivity contribution in [3.05, 3.63) is 28.3 Å². The molecule has 0 spiro atoms. The number of benzene rings is 1. The maximum atomic E-state index is 12.9. The summed E-state index contributed by atoms with van der Waals surface area (Å²) in [7, 11) is 0. The van der Waals surface area contributed by atoms with Crippen LogP contribution >= 0.6 is 11.6 Å². The number of aliphatic carboxylic acids is 1. The Morgan fingerprint density at radius 2 is 2.10 bits per heavy atom. The van der Waals surface area contributed by atoms with Gasteiger partial charge >= 0.3 is 12.1 Å². The molecule has 0 saturated carbocycles. The summed E-state index contributed by atoms with van der Waals surface area (Å²) < 4.78 is 43.3. The van der Waals surface area contributed by atoms with Crippen molar-refractivity contribution in [1.82, 2.24) is 0 Å². The molecule has 8 heteroatoms. The molecule has 1 N–H and O–H groups in total. The van der Waals surface area contributed by atoms with E-state index in [1.54, 1.807) is 0 Å². The van der Waals surface area contributed by atoms with E-state index >= 15 is 0 Å². The zero-order valence-corrected chi connectivity index (χ0v) is 10.5. The number of carboxylic acids is 1. The Kier molecular flexibility index (Phi) is 3.64. The first-order valence-electron chi connectivity index (χ1n) is 5.48. The molecule has 0 amide bonds. The fourth-order valence-electron chi connectivity index (χ4n) is 2.12. The Balaban J connectivity index is 2.53. The highest BCUT2D eigenvalue weighted by molar-refractivity contribution is 6.31. The molecule has 0 saturated heterocycles. The summed E-state index contributed by atoms with van der Waals surface area (Å²) >= 11 is 5.73. The maximum absolute atomic E-state index is 12.9. The molecule has 0 aromatic heterocycles. The molecule has 4 nitrogen and oxygen atoms in total. The van der Waals surface area contributed by atoms with Gasteiger partial charge in [0.05, 0.1) is 5.56 Å². The first-order valence-corrected chi connectivity index (χ1v) is 5.85. The zero-order chi connectivity index (χ0) is 15.1. The van der Waals surface area contributed by atoms with Crippen LogP contribution in [0.3, 0.4) is 0 Å². The highest BCUT2D eigenvalue weighted by Gasteiger charge is 2.52. The van der Waals surface area contributed by atoms with Crippen molar-refractivity contribution in [1.29, 1.82) is 0 Å². The summed E-state index contributed by atoms with van der Waals surface area (Å²) in [4.78, 5) is 21.8. The highest BCUT2D eigenvalue weighted by atomic mass is 35.5. The lowest BCUT2D eigenvalue weighted by atomic mass is 9.89. The van der Waals surface area contributed by atoms with Gasteiger partial charge in [-0.15, -0.1) is 0 Å². The predicted molar refractivity (Wildman–Crippen MR) is 62.1 cm³/mol. The minimum absolute atomic E-state index is 0.129. The largest absolute Gasteiger partial charge is 0.481 e. The molecule has 108 valence electrons. The van der Waals surface area contributed by atoms with Crippen molar-refractivity contribution in [2.75, 3.05) is 0 Å². The average Bonchev–Trinajstić information content (AvgIpc) is 2.34. The Labute approximate surface area is 116 Å². The Morgan fingerprint density at radius 3 is 2.60 bits per heavy atom. The molecule has 1 aromatic carbocycles. The SMILES string of the molecule is O=Cc1cc(Cl)cc2c1OC(C(F)(F)F)C(C(=O)O)C2. The molecule has 2 atom stereocenters. The van der Waals surface area contributed by atoms with Crippen LogP contribution in [-0.2, 0) is 11.2 Å². The molecule has 1 heterocycles. The van der Waals surface area contributed by atoms with E-state index in [1.165, 1.54) is 12.1 Å². The number of hydrogen-bond acceptors (Lipinski definition) is 3. The van der Waals surface area contributed by atoms with Crippen LogP contribution in [0.4, 0.5) is 13.2 Å². The third-order valence-electron chi connectivity index (χ3n) is 2.98. The number of aldehydes is 1. The monoisotopic (exact) mass is 308 g/mol. The number of rotatable bonds is 2. The molecular weight excluding hydrogens is 301 g/mol. The van der Waals surface area contributed by atoms with Gasteiger partial charge in [0, 0.05) is 5.02 Å². The topological polar surface area (TPSA) is 63.6 Å². The lowest BCUT2D eigenvalue weighted by Gasteiger charge is -2.33. The second kappa shape index (κ2) is 4.97. The third-order valence-corrected chi connectivity index (χ3v) is 3.19. The number of carbonyl (C=O) groups is 2. The number of ether oxygens (including phenoxy) is 1. The van der Waals surface area contributed by atoms with Gasteiger partial charge in [0.25, 0.3) is 0 Å². The number of alkyl halides is 3. The quantitative estimate of drug-likeness (QED) is 0.853. The molecule has 1 aliphatic rings. The predicted octanol–water partition coefficient (Wildman–Crippen LogP) is 2.72. The summed E-state index contributed by atoms with van der Waals surface area (Å²) in [6, 6.07) is 2.47. The van der Waals surface area contributed by atoms with Gasteiger partial charge < -0.3 is 9.84 Å². The van der Waals surface area contributed by atoms with Crippen molar-refractivity contribution in [2.24, 2.45) is 5.92 Å². The molecule has 1 aromatic rings. The van der Waals surface area contributed by atoms with Crippen molar-refractivity contribution in [3.63, 3.8) is 0 Å². The van der Waals surface area contributed by atoms with E-state index in [1.807, 2.05) is 0 Å². The molecule has 0 radical (unpaired) electrons. The lowest BCUT2D eigenvalue weighted by Crippen LogP contribution is -2.47. The minimum Gasteiger partial charge on any atom is -0.481 e. The molecule has 0 aliphatic carbocycles. The molecule has 20 heavy (non-hydrogen) atoms. The fourth-order valence-corrected chi connectivity index (χ4v) is 2.37. The van der Waals surface area contributed by atoms with Crippen LogP contribution in [0.1, 0.15) is 15.9 Å². The van der Waals surface area contributed by atoms with Gasteiger partial charge in [-0.3, -0.25) is 9.59 Å². The first kappa shape index (κ1) is 14.6. The number of halogens is 4. The van der Waals surface area contributed by atoms with E-state index in [9.17, 15) is 22.8 Å². The normalized spacial score (nSPS) is 21.8. The van der Waals surface area contributed by atoms with E-state index in [2.05, 4.69) is 0 Å². The van der Waals surface area contributed by atoms with Crippen molar-refractivity contribution in [3.8, 4) is 5.75 Å². The van der Waals surface area contributed by atoms with Gasteiger partial charge in [-0.1, -0.05) is 11.6 Å². The number of carbonyl (C=O) groups excluding carboxylic acids is 1. The molecular formula is C12H8ClF3O4. The van der Waals surface area contributed by atoms with Crippen molar-refractivity contribution < 1.29 is 32.6 Å². The van der Waals surface area contributed by atoms with Gasteiger partial charge in [-0.05, 0) is 24.1 Å². The molecule has 2 rings (SSSR count). The highest BCUT2D eigenvalue weighted by Crippen LogP contribution is 2.41. The van der Waals surface area contributed by atoms with Gasteiger partial charge in [-0.25, -0.2) is 0 Å². The fraction of sp³-hybridized carbons (Fsp3) is 0.333. The molecule has 2 unspecified atom stereocenters. The summed E-state index contributed by atoms with van der Waals surface area (Å²) in [5, 5.41) is 9.04. The van der Waals surface area contributed by atoms with Gasteiger partial charge in [0.1, 0.15) is 11.7 Å². The van der Waals surface area contributed by atoms with E-state index in [0.717, 1.165) is 0 Å². The van der Waals surface area contributed by atoms with Crippen LogP contribution in [0.5, 0.6) is 5.75 Å². The van der Waals surface area contributed by atoms with Gasteiger partial charge in [0.15, 0.2) is 6.29 Å². The van der Waals surface area contributed by atoms with Crippen LogP contribution in [-0.4, -0.2) is 29.6 Å². The average molecular weight is 309 g/mol.